The normalized spacial score (nSPS) is 19.3. The van der Waals surface area contributed by atoms with Gasteiger partial charge in [-0.15, -0.1) is 11.3 Å². The van der Waals surface area contributed by atoms with E-state index in [1.54, 1.807) is 6.07 Å². The molecule has 1 fully saturated rings. The number of benzene rings is 1. The third-order valence-electron chi connectivity index (χ3n) is 5.42. The van der Waals surface area contributed by atoms with Crippen LogP contribution in [0.4, 0.5) is 5.00 Å². The number of hydrogen-bond acceptors (Lipinski definition) is 6. The van der Waals surface area contributed by atoms with Gasteiger partial charge in [0, 0.05) is 10.9 Å². The molecule has 1 aliphatic carbocycles. The number of sulfone groups is 1. The van der Waals surface area contributed by atoms with Crippen molar-refractivity contribution < 1.29 is 22.7 Å². The summed E-state index contributed by atoms with van der Waals surface area (Å²) >= 11 is 1.42. The van der Waals surface area contributed by atoms with Crippen molar-refractivity contribution in [1.29, 1.82) is 0 Å². The number of nitrogens with one attached hydrogen (secondary N) is 2. The topological polar surface area (TPSA) is 102 Å². The van der Waals surface area contributed by atoms with Crippen LogP contribution in [-0.4, -0.2) is 44.4 Å². The quantitative estimate of drug-likeness (QED) is 0.707. The number of anilines is 1. The van der Waals surface area contributed by atoms with Gasteiger partial charge in [0.2, 0.25) is 0 Å². The second-order valence-corrected chi connectivity index (χ2v) is 11.1. The Kier molecular flexibility index (Phi) is 5.84. The molecule has 2 aliphatic rings. The molecule has 4 rings (SSSR count). The van der Waals surface area contributed by atoms with Crippen molar-refractivity contribution >= 4 is 38.0 Å². The highest BCUT2D eigenvalue weighted by molar-refractivity contribution is 7.91. The molecule has 1 atom stereocenters. The first-order valence-electron chi connectivity index (χ1n) is 9.96. The maximum absolute atomic E-state index is 13.0. The van der Waals surface area contributed by atoms with Gasteiger partial charge in [0.05, 0.1) is 17.1 Å². The summed E-state index contributed by atoms with van der Waals surface area (Å²) < 4.78 is 29.0. The Balaban J connectivity index is 1.46. The summed E-state index contributed by atoms with van der Waals surface area (Å²) in [7, 11) is -3.09. The first-order valence-corrected chi connectivity index (χ1v) is 12.6. The molecule has 1 saturated heterocycles. The maximum atomic E-state index is 13.0. The van der Waals surface area contributed by atoms with Crippen LogP contribution < -0.4 is 15.4 Å². The Morgan fingerprint density at radius 3 is 2.77 bits per heavy atom. The average Bonchev–Trinajstić information content (AvgIpc) is 3.35. The smallest absolute Gasteiger partial charge is 0.262 e. The standard InChI is InChI=1S/C21H24N2O5S2/c1-13-5-2-3-7-16(13)28-11-18(24)23-21-19(15-6-4-8-17(15)29-21)20(25)22-14-9-10-30(26,27)12-14/h2-3,5,7,14H,4,6,8-12H2,1H3,(H,22,25)(H,23,24)/t14-/m0/s1. The van der Waals surface area contributed by atoms with Crippen LogP contribution in [0, 0.1) is 6.92 Å². The fraction of sp³-hybridized carbons (Fsp3) is 0.429. The number of hydrogen-bond donors (Lipinski definition) is 2. The zero-order valence-corrected chi connectivity index (χ0v) is 18.3. The first kappa shape index (κ1) is 20.9. The van der Waals surface area contributed by atoms with Crippen molar-refractivity contribution in [3.05, 3.63) is 45.8 Å². The van der Waals surface area contributed by atoms with Gasteiger partial charge in [-0.05, 0) is 49.8 Å². The van der Waals surface area contributed by atoms with E-state index in [1.807, 2.05) is 25.1 Å². The second-order valence-electron chi connectivity index (χ2n) is 7.74. The number of para-hydroxylation sites is 1. The lowest BCUT2D eigenvalue weighted by molar-refractivity contribution is -0.118. The Morgan fingerprint density at radius 2 is 2.03 bits per heavy atom. The third-order valence-corrected chi connectivity index (χ3v) is 8.40. The number of aryl methyl sites for hydroxylation is 2. The molecule has 7 nitrogen and oxygen atoms in total. The molecule has 2 aromatic rings. The van der Waals surface area contributed by atoms with Crippen LogP contribution in [0.1, 0.15) is 39.2 Å². The van der Waals surface area contributed by atoms with E-state index in [2.05, 4.69) is 10.6 Å². The third kappa shape index (κ3) is 4.52. The van der Waals surface area contributed by atoms with Crippen molar-refractivity contribution in [3.8, 4) is 5.75 Å². The molecule has 1 aromatic carbocycles. The zero-order valence-electron chi connectivity index (χ0n) is 16.7. The lowest BCUT2D eigenvalue weighted by Crippen LogP contribution is -2.36. The SMILES string of the molecule is Cc1ccccc1OCC(=O)Nc1sc2c(c1C(=O)N[C@H]1CCS(=O)(=O)C1)CCC2. The summed E-state index contributed by atoms with van der Waals surface area (Å²) in [6.45, 7) is 1.75. The fourth-order valence-corrected chi connectivity index (χ4v) is 6.90. The first-order chi connectivity index (χ1) is 14.3. The average molecular weight is 449 g/mol. The molecule has 9 heteroatoms. The van der Waals surface area contributed by atoms with Crippen molar-refractivity contribution in [2.24, 2.45) is 0 Å². The highest BCUT2D eigenvalue weighted by Gasteiger charge is 2.32. The van der Waals surface area contributed by atoms with E-state index in [4.69, 9.17) is 4.74 Å². The zero-order chi connectivity index (χ0) is 21.3. The molecule has 2 heterocycles. The minimum Gasteiger partial charge on any atom is -0.483 e. The van der Waals surface area contributed by atoms with Crippen LogP contribution in [0.2, 0.25) is 0 Å². The van der Waals surface area contributed by atoms with Crippen LogP contribution in [0.3, 0.4) is 0 Å². The molecular weight excluding hydrogens is 424 g/mol. The van der Waals surface area contributed by atoms with Gasteiger partial charge in [-0.2, -0.15) is 0 Å². The summed E-state index contributed by atoms with van der Waals surface area (Å²) in [5.41, 5.74) is 2.38. The predicted octanol–water partition coefficient (Wildman–Crippen LogP) is 2.48. The molecule has 1 aliphatic heterocycles. The van der Waals surface area contributed by atoms with Gasteiger partial charge >= 0.3 is 0 Å². The minimum absolute atomic E-state index is 0.0307. The van der Waals surface area contributed by atoms with Gasteiger partial charge < -0.3 is 15.4 Å². The van der Waals surface area contributed by atoms with E-state index >= 15 is 0 Å². The summed E-state index contributed by atoms with van der Waals surface area (Å²) in [5.74, 6) is 0.0559. The Bertz CT molecular complexity index is 1090. The van der Waals surface area contributed by atoms with Crippen LogP contribution in [0.15, 0.2) is 24.3 Å². The number of thiophene rings is 1. The molecular formula is C21H24N2O5S2. The molecule has 160 valence electrons. The number of carbonyl (C=O) groups is 2. The number of amides is 2. The number of fused-ring (bicyclic) bond motifs is 1. The lowest BCUT2D eigenvalue weighted by Gasteiger charge is -2.13. The Labute approximate surface area is 179 Å². The second kappa shape index (κ2) is 8.39. The molecule has 30 heavy (non-hydrogen) atoms. The summed E-state index contributed by atoms with van der Waals surface area (Å²) in [6, 6.07) is 7.07. The van der Waals surface area contributed by atoms with Crippen LogP contribution in [0.5, 0.6) is 5.75 Å². The molecule has 0 radical (unpaired) electrons. The highest BCUT2D eigenvalue weighted by Crippen LogP contribution is 2.39. The van der Waals surface area contributed by atoms with Gasteiger partial charge in [-0.25, -0.2) is 8.42 Å². The molecule has 2 amide bonds. The van der Waals surface area contributed by atoms with Crippen LogP contribution >= 0.6 is 11.3 Å². The number of carbonyl (C=O) groups excluding carboxylic acids is 2. The minimum atomic E-state index is -3.09. The van der Waals surface area contributed by atoms with Crippen molar-refractivity contribution in [2.45, 2.75) is 38.6 Å². The van der Waals surface area contributed by atoms with E-state index in [0.717, 1.165) is 35.3 Å². The molecule has 0 spiro atoms. The summed E-state index contributed by atoms with van der Waals surface area (Å²) in [4.78, 5) is 26.6. The van der Waals surface area contributed by atoms with E-state index in [-0.39, 0.29) is 36.0 Å². The highest BCUT2D eigenvalue weighted by atomic mass is 32.2. The summed E-state index contributed by atoms with van der Waals surface area (Å²) in [6.07, 6.45) is 3.07. The van der Waals surface area contributed by atoms with E-state index in [0.29, 0.717) is 22.7 Å². The van der Waals surface area contributed by atoms with Gasteiger partial charge in [0.1, 0.15) is 10.8 Å². The van der Waals surface area contributed by atoms with Crippen LogP contribution in [-0.2, 0) is 27.5 Å². The Hall–Kier alpha value is -2.39. The van der Waals surface area contributed by atoms with Crippen molar-refractivity contribution in [3.63, 3.8) is 0 Å². The predicted molar refractivity (Wildman–Crippen MR) is 116 cm³/mol. The number of rotatable bonds is 6. The largest absolute Gasteiger partial charge is 0.483 e. The van der Waals surface area contributed by atoms with Gasteiger partial charge in [-0.3, -0.25) is 9.59 Å². The van der Waals surface area contributed by atoms with E-state index in [1.165, 1.54) is 11.3 Å². The molecule has 0 bridgehead atoms. The van der Waals surface area contributed by atoms with Crippen molar-refractivity contribution in [1.82, 2.24) is 5.32 Å². The fourth-order valence-electron chi connectivity index (χ4n) is 3.92. The molecule has 0 saturated carbocycles. The van der Waals surface area contributed by atoms with E-state index < -0.39 is 9.84 Å². The monoisotopic (exact) mass is 448 g/mol. The molecule has 1 aromatic heterocycles. The van der Waals surface area contributed by atoms with Crippen LogP contribution in [0.25, 0.3) is 0 Å². The molecule has 2 N–H and O–H groups in total. The van der Waals surface area contributed by atoms with Gasteiger partial charge in [-0.1, -0.05) is 18.2 Å². The van der Waals surface area contributed by atoms with Crippen molar-refractivity contribution in [2.75, 3.05) is 23.4 Å². The lowest BCUT2D eigenvalue weighted by atomic mass is 10.1. The van der Waals surface area contributed by atoms with Gasteiger partial charge in [0.25, 0.3) is 11.8 Å². The molecule has 0 unspecified atom stereocenters. The van der Waals surface area contributed by atoms with Gasteiger partial charge in [0.15, 0.2) is 16.4 Å². The van der Waals surface area contributed by atoms with E-state index in [9.17, 15) is 18.0 Å². The Morgan fingerprint density at radius 1 is 1.23 bits per heavy atom. The number of ether oxygens (including phenoxy) is 1. The maximum Gasteiger partial charge on any atom is 0.262 e. The summed E-state index contributed by atoms with van der Waals surface area (Å²) in [5, 5.41) is 6.19.